The second-order valence-corrected chi connectivity index (χ2v) is 9.95. The third kappa shape index (κ3) is 5.48. The van der Waals surface area contributed by atoms with Crippen LogP contribution in [0, 0.1) is 5.92 Å². The molecule has 1 heterocycles. The lowest BCUT2D eigenvalue weighted by Gasteiger charge is -2.38. The van der Waals surface area contributed by atoms with Crippen LogP contribution in [-0.4, -0.2) is 16.9 Å². The molecule has 4 aromatic carbocycles. The van der Waals surface area contributed by atoms with E-state index in [0.717, 1.165) is 16.7 Å². The number of benzene rings is 4. The van der Waals surface area contributed by atoms with Crippen molar-refractivity contribution >= 4 is 40.7 Å². The zero-order valence-electron chi connectivity index (χ0n) is 19.7. The fraction of sp³-hybridized carbons (Fsp3) is 0.133. The topological polar surface area (TPSA) is 78.4 Å². The van der Waals surface area contributed by atoms with Crippen LogP contribution in [0.3, 0.4) is 0 Å². The minimum Gasteiger partial charge on any atom is -0.508 e. The largest absolute Gasteiger partial charge is 0.508 e. The number of phenolic OH excluding ortho intramolecular Hbond substituents is 1. The van der Waals surface area contributed by atoms with E-state index in [0.29, 0.717) is 21.3 Å². The van der Waals surface area contributed by atoms with Crippen molar-refractivity contribution in [3.05, 3.63) is 118 Å². The summed E-state index contributed by atoms with van der Waals surface area (Å²) < 4.78 is 0. The molecule has 37 heavy (non-hydrogen) atoms. The summed E-state index contributed by atoms with van der Waals surface area (Å²) in [4.78, 5) is 26.9. The first-order valence-corrected chi connectivity index (χ1v) is 12.6. The Balaban J connectivity index is 1.61. The van der Waals surface area contributed by atoms with Gasteiger partial charge in [0, 0.05) is 33.6 Å². The molecule has 1 aliphatic rings. The lowest BCUT2D eigenvalue weighted by Crippen LogP contribution is -2.47. The number of amides is 2. The van der Waals surface area contributed by atoms with Crippen LogP contribution >= 0.6 is 23.2 Å². The molecule has 1 unspecified atom stereocenters. The van der Waals surface area contributed by atoms with E-state index >= 15 is 0 Å². The Hall–Kier alpha value is -3.80. The standard InChI is InChI=1S/C30H24Cl2N2O3/c31-21-9-4-8-20(14-21)24-17-27(36)34-29(28(24)30(37)33-23-11-5-10-22(32)16-23)25-15-19(12-13-26(25)35)18-6-2-1-3-7-18/h1-16,24,28-29,35H,17H2,(H,33,37)(H,34,36)/t24-,28?,29+/m0/s1. The van der Waals surface area contributed by atoms with Crippen molar-refractivity contribution in [3.63, 3.8) is 0 Å². The number of phenols is 1. The molecule has 7 heteroatoms. The minimum atomic E-state index is -0.784. The van der Waals surface area contributed by atoms with E-state index in [4.69, 9.17) is 23.2 Å². The second-order valence-electron chi connectivity index (χ2n) is 9.08. The van der Waals surface area contributed by atoms with Crippen LogP contribution in [0.1, 0.15) is 29.5 Å². The van der Waals surface area contributed by atoms with Gasteiger partial charge in [0.15, 0.2) is 0 Å². The molecule has 0 bridgehead atoms. The third-order valence-corrected chi connectivity index (χ3v) is 7.13. The maximum Gasteiger partial charge on any atom is 0.230 e. The van der Waals surface area contributed by atoms with Gasteiger partial charge in [-0.25, -0.2) is 0 Å². The first-order chi connectivity index (χ1) is 17.9. The van der Waals surface area contributed by atoms with E-state index in [2.05, 4.69) is 10.6 Å². The Morgan fingerprint density at radius 1 is 0.838 bits per heavy atom. The van der Waals surface area contributed by atoms with Gasteiger partial charge in [0.1, 0.15) is 5.75 Å². The van der Waals surface area contributed by atoms with Gasteiger partial charge in [0.2, 0.25) is 11.8 Å². The summed E-state index contributed by atoms with van der Waals surface area (Å²) in [5.41, 5.74) is 3.60. The molecule has 0 aliphatic carbocycles. The molecule has 2 amide bonds. The van der Waals surface area contributed by atoms with Gasteiger partial charge in [-0.15, -0.1) is 0 Å². The van der Waals surface area contributed by atoms with Gasteiger partial charge in [0.25, 0.3) is 0 Å². The van der Waals surface area contributed by atoms with Crippen molar-refractivity contribution in [2.75, 3.05) is 5.32 Å². The number of anilines is 1. The van der Waals surface area contributed by atoms with Crippen LogP contribution < -0.4 is 10.6 Å². The van der Waals surface area contributed by atoms with Gasteiger partial charge in [-0.2, -0.15) is 0 Å². The SMILES string of the molecule is O=C1C[C@@H](c2cccc(Cl)c2)C(C(=O)Nc2cccc(Cl)c2)[C@@H](c2cc(-c3ccccc3)ccc2O)N1. The Labute approximate surface area is 225 Å². The predicted octanol–water partition coefficient (Wildman–Crippen LogP) is 6.97. The quantitative estimate of drug-likeness (QED) is 0.260. The number of carbonyl (C=O) groups excluding carboxylic acids is 2. The highest BCUT2D eigenvalue weighted by molar-refractivity contribution is 6.31. The van der Waals surface area contributed by atoms with E-state index in [1.165, 1.54) is 0 Å². The Bertz CT molecular complexity index is 1460. The van der Waals surface area contributed by atoms with Crippen molar-refractivity contribution in [2.45, 2.75) is 18.4 Å². The molecule has 1 aliphatic heterocycles. The third-order valence-electron chi connectivity index (χ3n) is 6.66. The molecule has 4 aromatic rings. The summed E-state index contributed by atoms with van der Waals surface area (Å²) in [6.45, 7) is 0. The van der Waals surface area contributed by atoms with Crippen molar-refractivity contribution in [1.82, 2.24) is 5.32 Å². The number of halogens is 2. The second kappa shape index (κ2) is 10.7. The van der Waals surface area contributed by atoms with Gasteiger partial charge in [-0.05, 0) is 59.2 Å². The van der Waals surface area contributed by atoms with Crippen molar-refractivity contribution < 1.29 is 14.7 Å². The number of rotatable bonds is 5. The van der Waals surface area contributed by atoms with Gasteiger partial charge in [-0.1, -0.05) is 77.8 Å². The molecule has 0 saturated carbocycles. The van der Waals surface area contributed by atoms with Gasteiger partial charge in [0.05, 0.1) is 12.0 Å². The lowest BCUT2D eigenvalue weighted by atomic mass is 9.73. The van der Waals surface area contributed by atoms with Crippen LogP contribution in [-0.2, 0) is 9.59 Å². The summed E-state index contributed by atoms with van der Waals surface area (Å²) in [6, 6.07) is 28.3. The molecule has 0 spiro atoms. The van der Waals surface area contributed by atoms with E-state index in [9.17, 15) is 14.7 Å². The number of hydrogen-bond donors (Lipinski definition) is 3. The molecule has 0 aromatic heterocycles. The van der Waals surface area contributed by atoms with Crippen LogP contribution in [0.4, 0.5) is 5.69 Å². The summed E-state index contributed by atoms with van der Waals surface area (Å²) in [5.74, 6) is -1.74. The van der Waals surface area contributed by atoms with Crippen molar-refractivity contribution in [1.29, 1.82) is 0 Å². The normalized spacial score (nSPS) is 19.2. The zero-order chi connectivity index (χ0) is 25.9. The van der Waals surface area contributed by atoms with E-state index < -0.39 is 17.9 Å². The summed E-state index contributed by atoms with van der Waals surface area (Å²) in [5, 5.41) is 17.9. The first-order valence-electron chi connectivity index (χ1n) is 11.9. The monoisotopic (exact) mass is 530 g/mol. The lowest BCUT2D eigenvalue weighted by molar-refractivity contribution is -0.129. The van der Waals surface area contributed by atoms with Gasteiger partial charge in [-0.3, -0.25) is 9.59 Å². The zero-order valence-corrected chi connectivity index (χ0v) is 21.2. The van der Waals surface area contributed by atoms with Crippen molar-refractivity contribution in [3.8, 4) is 16.9 Å². The molecular weight excluding hydrogens is 507 g/mol. The molecule has 3 atom stereocenters. The van der Waals surface area contributed by atoms with Crippen molar-refractivity contribution in [2.24, 2.45) is 5.92 Å². The first kappa shape index (κ1) is 24.9. The number of nitrogens with one attached hydrogen (secondary N) is 2. The molecule has 1 fully saturated rings. The minimum absolute atomic E-state index is 0.00252. The molecule has 186 valence electrons. The van der Waals surface area contributed by atoms with Crippen LogP contribution in [0.15, 0.2) is 97.1 Å². The fourth-order valence-electron chi connectivity index (χ4n) is 4.95. The predicted molar refractivity (Wildman–Crippen MR) is 147 cm³/mol. The molecule has 0 radical (unpaired) electrons. The van der Waals surface area contributed by atoms with E-state index in [1.807, 2.05) is 48.5 Å². The molecule has 5 nitrogen and oxygen atoms in total. The number of hydrogen-bond acceptors (Lipinski definition) is 3. The highest BCUT2D eigenvalue weighted by Gasteiger charge is 2.44. The maximum atomic E-state index is 13.9. The molecule has 1 saturated heterocycles. The molecule has 3 N–H and O–H groups in total. The van der Waals surface area contributed by atoms with E-state index in [1.54, 1.807) is 48.5 Å². The maximum absolute atomic E-state index is 13.9. The number of piperidine rings is 1. The highest BCUT2D eigenvalue weighted by Crippen LogP contribution is 2.44. The average molecular weight is 531 g/mol. The molecule has 5 rings (SSSR count). The number of carbonyl (C=O) groups is 2. The Morgan fingerprint density at radius 3 is 2.30 bits per heavy atom. The van der Waals surface area contributed by atoms with Crippen LogP contribution in [0.25, 0.3) is 11.1 Å². The van der Waals surface area contributed by atoms with Gasteiger partial charge < -0.3 is 15.7 Å². The fourth-order valence-corrected chi connectivity index (χ4v) is 5.34. The molecular formula is C30H24Cl2N2O3. The smallest absolute Gasteiger partial charge is 0.230 e. The Kier molecular flexibility index (Phi) is 7.17. The summed E-state index contributed by atoms with van der Waals surface area (Å²) in [7, 11) is 0. The van der Waals surface area contributed by atoms with Crippen LogP contribution in [0.2, 0.25) is 10.0 Å². The highest BCUT2D eigenvalue weighted by atomic mass is 35.5. The average Bonchev–Trinajstić information content (AvgIpc) is 2.89. The number of aromatic hydroxyl groups is 1. The summed E-state index contributed by atoms with van der Waals surface area (Å²) >= 11 is 12.4. The Morgan fingerprint density at radius 2 is 1.57 bits per heavy atom. The van der Waals surface area contributed by atoms with Crippen LogP contribution in [0.5, 0.6) is 5.75 Å². The van der Waals surface area contributed by atoms with E-state index in [-0.39, 0.29) is 24.0 Å². The van der Waals surface area contributed by atoms with Gasteiger partial charge >= 0.3 is 0 Å². The summed E-state index contributed by atoms with van der Waals surface area (Å²) in [6.07, 6.45) is 0.101.